The summed E-state index contributed by atoms with van der Waals surface area (Å²) < 4.78 is 30.3. The molecular formula is C14H24N2O3S. The highest BCUT2D eigenvalue weighted by molar-refractivity contribution is 7.89. The lowest BCUT2D eigenvalue weighted by atomic mass is 10.1. The van der Waals surface area contributed by atoms with E-state index in [2.05, 4.69) is 19.2 Å². The van der Waals surface area contributed by atoms with Crippen molar-refractivity contribution in [1.82, 2.24) is 4.31 Å². The van der Waals surface area contributed by atoms with Crippen LogP contribution in [0.5, 0.6) is 0 Å². The topological polar surface area (TPSA) is 58.6 Å². The number of benzene rings is 1. The van der Waals surface area contributed by atoms with Gasteiger partial charge in [-0.1, -0.05) is 13.8 Å². The summed E-state index contributed by atoms with van der Waals surface area (Å²) in [5, 5.41) is 3.35. The zero-order valence-corrected chi connectivity index (χ0v) is 13.6. The van der Waals surface area contributed by atoms with Gasteiger partial charge in [-0.15, -0.1) is 0 Å². The van der Waals surface area contributed by atoms with Crippen LogP contribution in [0, 0.1) is 5.92 Å². The summed E-state index contributed by atoms with van der Waals surface area (Å²) >= 11 is 0. The minimum Gasteiger partial charge on any atom is -0.383 e. The van der Waals surface area contributed by atoms with Crippen molar-refractivity contribution < 1.29 is 13.2 Å². The molecule has 0 fully saturated rings. The number of methoxy groups -OCH3 is 1. The lowest BCUT2D eigenvalue weighted by Crippen LogP contribution is -2.30. The van der Waals surface area contributed by atoms with Crippen LogP contribution in [0.3, 0.4) is 0 Å². The molecule has 114 valence electrons. The smallest absolute Gasteiger partial charge is 0.242 e. The van der Waals surface area contributed by atoms with Crippen LogP contribution >= 0.6 is 0 Å². The molecule has 0 radical (unpaired) electrons. The summed E-state index contributed by atoms with van der Waals surface area (Å²) in [5.41, 5.74) is 0.887. The Morgan fingerprint density at radius 2 is 1.75 bits per heavy atom. The number of sulfonamides is 1. The summed E-state index contributed by atoms with van der Waals surface area (Å²) in [7, 11) is 1.35. The van der Waals surface area contributed by atoms with Crippen molar-refractivity contribution >= 4 is 15.7 Å². The molecule has 1 rings (SSSR count). The highest BCUT2D eigenvalue weighted by atomic mass is 32.2. The summed E-state index contributed by atoms with van der Waals surface area (Å²) in [6.07, 6.45) is 0. The Morgan fingerprint density at radius 1 is 1.20 bits per heavy atom. The van der Waals surface area contributed by atoms with Gasteiger partial charge in [0.15, 0.2) is 0 Å². The Morgan fingerprint density at radius 3 is 2.15 bits per heavy atom. The van der Waals surface area contributed by atoms with Gasteiger partial charge < -0.3 is 10.1 Å². The predicted molar refractivity (Wildman–Crippen MR) is 81.4 cm³/mol. The molecule has 0 amide bonds. The van der Waals surface area contributed by atoms with Gasteiger partial charge in [-0.25, -0.2) is 12.7 Å². The first kappa shape index (κ1) is 16.9. The van der Waals surface area contributed by atoms with Crippen molar-refractivity contribution in [2.45, 2.75) is 24.8 Å². The van der Waals surface area contributed by atoms with Crippen LogP contribution in [-0.2, 0) is 14.8 Å². The van der Waals surface area contributed by atoms with Crippen LogP contribution < -0.4 is 5.32 Å². The van der Waals surface area contributed by atoms with E-state index >= 15 is 0 Å². The fourth-order valence-electron chi connectivity index (χ4n) is 1.73. The van der Waals surface area contributed by atoms with Crippen LogP contribution in [0.2, 0.25) is 0 Å². The lowest BCUT2D eigenvalue weighted by Gasteiger charge is -2.23. The number of nitrogens with zero attached hydrogens (tertiary/aromatic N) is 1. The predicted octanol–water partition coefficient (Wildman–Crippen LogP) is 2.02. The Hall–Kier alpha value is -1.11. The third-order valence-electron chi connectivity index (χ3n) is 3.14. The SMILES string of the molecule is COCC(Nc1ccc(S(=O)(=O)N(C)C)cc1)C(C)C. The third-order valence-corrected chi connectivity index (χ3v) is 4.97. The molecule has 0 aliphatic carbocycles. The van der Waals surface area contributed by atoms with Gasteiger partial charge in [0.1, 0.15) is 0 Å². The number of hydrogen-bond donors (Lipinski definition) is 1. The van der Waals surface area contributed by atoms with Gasteiger partial charge in [0, 0.05) is 26.9 Å². The molecule has 1 N–H and O–H groups in total. The van der Waals surface area contributed by atoms with Crippen molar-refractivity contribution in [2.24, 2.45) is 5.92 Å². The number of rotatable bonds is 7. The summed E-state index contributed by atoms with van der Waals surface area (Å²) in [5.74, 6) is 0.417. The molecule has 1 aromatic rings. The number of hydrogen-bond acceptors (Lipinski definition) is 4. The Bertz CT molecular complexity index is 510. The van der Waals surface area contributed by atoms with E-state index in [0.717, 1.165) is 5.69 Å². The highest BCUT2D eigenvalue weighted by Crippen LogP contribution is 2.18. The van der Waals surface area contributed by atoms with Gasteiger partial charge in [-0.3, -0.25) is 0 Å². The highest BCUT2D eigenvalue weighted by Gasteiger charge is 2.17. The molecule has 1 unspecified atom stereocenters. The first-order chi connectivity index (χ1) is 9.28. The molecule has 0 aliphatic rings. The standard InChI is InChI=1S/C14H24N2O3S/c1-11(2)14(10-19-5)15-12-6-8-13(9-7-12)20(17,18)16(3)4/h6-9,11,14-15H,10H2,1-5H3. The molecule has 1 aromatic carbocycles. The van der Waals surface area contributed by atoms with Gasteiger partial charge in [0.05, 0.1) is 17.5 Å². The van der Waals surface area contributed by atoms with Gasteiger partial charge in [-0.05, 0) is 30.2 Å². The summed E-state index contributed by atoms with van der Waals surface area (Å²) in [4.78, 5) is 0.292. The van der Waals surface area contributed by atoms with Crippen molar-refractivity contribution in [3.8, 4) is 0 Å². The van der Waals surface area contributed by atoms with Crippen molar-refractivity contribution in [3.05, 3.63) is 24.3 Å². The molecule has 0 spiro atoms. The van der Waals surface area contributed by atoms with E-state index in [4.69, 9.17) is 4.74 Å². The molecule has 6 heteroatoms. The molecule has 0 saturated heterocycles. The van der Waals surface area contributed by atoms with E-state index in [9.17, 15) is 8.42 Å². The molecule has 0 aliphatic heterocycles. The molecule has 0 saturated carbocycles. The van der Waals surface area contributed by atoms with Crippen molar-refractivity contribution in [3.63, 3.8) is 0 Å². The monoisotopic (exact) mass is 300 g/mol. The van der Waals surface area contributed by atoms with Crippen molar-refractivity contribution in [2.75, 3.05) is 33.1 Å². The van der Waals surface area contributed by atoms with E-state index in [1.807, 2.05) is 0 Å². The molecule has 20 heavy (non-hydrogen) atoms. The number of nitrogens with one attached hydrogen (secondary N) is 1. The maximum absolute atomic E-state index is 12.0. The second kappa shape index (κ2) is 7.06. The maximum Gasteiger partial charge on any atom is 0.242 e. The molecule has 0 aromatic heterocycles. The number of ether oxygens (including phenoxy) is 1. The second-order valence-corrected chi connectivity index (χ2v) is 7.41. The van der Waals surface area contributed by atoms with Gasteiger partial charge in [-0.2, -0.15) is 0 Å². The first-order valence-electron chi connectivity index (χ1n) is 6.57. The van der Waals surface area contributed by atoms with Crippen LogP contribution in [-0.4, -0.2) is 46.6 Å². The molecular weight excluding hydrogens is 276 g/mol. The molecule has 0 bridgehead atoms. The van der Waals surface area contributed by atoms with E-state index in [-0.39, 0.29) is 6.04 Å². The summed E-state index contributed by atoms with van der Waals surface area (Å²) in [6.45, 7) is 4.83. The fraction of sp³-hybridized carbons (Fsp3) is 0.571. The molecule has 1 atom stereocenters. The Balaban J connectivity index is 2.86. The zero-order valence-electron chi connectivity index (χ0n) is 12.8. The van der Waals surface area contributed by atoms with Crippen LogP contribution in [0.25, 0.3) is 0 Å². The average Bonchev–Trinajstić information content (AvgIpc) is 2.38. The second-order valence-electron chi connectivity index (χ2n) is 5.26. The van der Waals surface area contributed by atoms with Crippen LogP contribution in [0.1, 0.15) is 13.8 Å². The maximum atomic E-state index is 12.0. The van der Waals surface area contributed by atoms with E-state index in [0.29, 0.717) is 17.4 Å². The average molecular weight is 300 g/mol. The van der Waals surface area contributed by atoms with E-state index in [1.165, 1.54) is 18.4 Å². The van der Waals surface area contributed by atoms with Crippen LogP contribution in [0.4, 0.5) is 5.69 Å². The van der Waals surface area contributed by atoms with Gasteiger partial charge >= 0.3 is 0 Å². The van der Waals surface area contributed by atoms with Crippen molar-refractivity contribution in [1.29, 1.82) is 0 Å². The van der Waals surface area contributed by atoms with E-state index < -0.39 is 10.0 Å². The zero-order chi connectivity index (χ0) is 15.3. The Labute approximate surface area is 122 Å². The normalized spacial score (nSPS) is 13.8. The number of anilines is 1. The minimum absolute atomic E-state index is 0.191. The van der Waals surface area contributed by atoms with E-state index in [1.54, 1.807) is 31.4 Å². The fourth-order valence-corrected chi connectivity index (χ4v) is 2.63. The minimum atomic E-state index is -3.37. The van der Waals surface area contributed by atoms with Gasteiger partial charge in [0.25, 0.3) is 0 Å². The van der Waals surface area contributed by atoms with Crippen LogP contribution in [0.15, 0.2) is 29.2 Å². The molecule has 5 nitrogen and oxygen atoms in total. The third kappa shape index (κ3) is 4.19. The lowest BCUT2D eigenvalue weighted by molar-refractivity contribution is 0.171. The molecule has 0 heterocycles. The Kier molecular flexibility index (Phi) is 5.98. The largest absolute Gasteiger partial charge is 0.383 e. The quantitative estimate of drug-likeness (QED) is 0.837. The first-order valence-corrected chi connectivity index (χ1v) is 8.01. The van der Waals surface area contributed by atoms with Gasteiger partial charge in [0.2, 0.25) is 10.0 Å². The summed E-state index contributed by atoms with van der Waals surface area (Å²) in [6, 6.07) is 6.98.